The summed E-state index contributed by atoms with van der Waals surface area (Å²) >= 11 is 0. The van der Waals surface area contributed by atoms with E-state index in [0.717, 1.165) is 37.8 Å². The van der Waals surface area contributed by atoms with Crippen molar-refractivity contribution in [1.29, 1.82) is 0 Å². The molecule has 0 aliphatic carbocycles. The van der Waals surface area contributed by atoms with Crippen LogP contribution in [0.5, 0.6) is 0 Å². The van der Waals surface area contributed by atoms with E-state index in [-0.39, 0.29) is 24.4 Å². The number of halogens is 1. The van der Waals surface area contributed by atoms with Crippen LogP contribution in [0.1, 0.15) is 44.2 Å². The Labute approximate surface area is 137 Å². The van der Waals surface area contributed by atoms with E-state index in [4.69, 9.17) is 0 Å². The smallest absolute Gasteiger partial charge is 0.237 e. The van der Waals surface area contributed by atoms with E-state index in [1.807, 2.05) is 6.92 Å². The van der Waals surface area contributed by atoms with Crippen LogP contribution in [0.2, 0.25) is 0 Å². The van der Waals surface area contributed by atoms with Gasteiger partial charge in [-0.15, -0.1) is 0 Å². The molecule has 0 spiro atoms. The number of hydrogen-bond donors (Lipinski definition) is 1. The first kappa shape index (κ1) is 17.9. The highest BCUT2D eigenvalue weighted by molar-refractivity contribution is 5.78. The number of carbonyl (C=O) groups excluding carboxylic acids is 1. The van der Waals surface area contributed by atoms with Gasteiger partial charge in [-0.05, 0) is 50.4 Å². The number of likely N-dealkylation sites (N-methyl/N-ethyl adjacent to an activating group) is 1. The van der Waals surface area contributed by atoms with Gasteiger partial charge in [-0.25, -0.2) is 4.39 Å². The molecule has 23 heavy (non-hydrogen) atoms. The molecule has 1 aliphatic heterocycles. The van der Waals surface area contributed by atoms with Gasteiger partial charge in [0, 0.05) is 19.7 Å². The molecule has 0 aromatic heterocycles. The van der Waals surface area contributed by atoms with Crippen molar-refractivity contribution in [2.75, 3.05) is 26.7 Å². The number of amides is 1. The Morgan fingerprint density at radius 1 is 1.39 bits per heavy atom. The highest BCUT2D eigenvalue weighted by Gasteiger charge is 2.26. The number of aliphatic hydroxyl groups is 1. The third-order valence-electron chi connectivity index (χ3n) is 4.88. The van der Waals surface area contributed by atoms with Crippen LogP contribution >= 0.6 is 0 Å². The maximum atomic E-state index is 13.0. The van der Waals surface area contributed by atoms with E-state index in [0.29, 0.717) is 12.6 Å². The maximum Gasteiger partial charge on any atom is 0.237 e. The largest absolute Gasteiger partial charge is 0.396 e. The van der Waals surface area contributed by atoms with E-state index in [2.05, 4.69) is 4.90 Å². The zero-order valence-electron chi connectivity index (χ0n) is 14.0. The molecule has 1 amide bonds. The summed E-state index contributed by atoms with van der Waals surface area (Å²) in [5, 5.41) is 9.19. The zero-order valence-corrected chi connectivity index (χ0v) is 14.0. The second-order valence-electron chi connectivity index (χ2n) is 6.36. The molecule has 1 fully saturated rings. The molecule has 1 heterocycles. The lowest BCUT2D eigenvalue weighted by molar-refractivity contribution is -0.134. The monoisotopic (exact) mass is 322 g/mol. The molecule has 2 atom stereocenters. The summed E-state index contributed by atoms with van der Waals surface area (Å²) in [5.41, 5.74) is 0.924. The summed E-state index contributed by atoms with van der Waals surface area (Å²) in [5.74, 6) is -0.207. The molecule has 1 aliphatic rings. The fourth-order valence-corrected chi connectivity index (χ4v) is 3.21. The topological polar surface area (TPSA) is 43.8 Å². The minimum atomic E-state index is -0.268. The van der Waals surface area contributed by atoms with Crippen LogP contribution in [0, 0.1) is 5.82 Å². The van der Waals surface area contributed by atoms with Crippen molar-refractivity contribution in [3.8, 4) is 0 Å². The van der Waals surface area contributed by atoms with Crippen molar-refractivity contribution in [3.05, 3.63) is 35.6 Å². The number of benzene rings is 1. The summed E-state index contributed by atoms with van der Waals surface area (Å²) in [6.07, 6.45) is 4.04. The predicted octanol–water partition coefficient (Wildman–Crippen LogP) is 2.58. The summed E-state index contributed by atoms with van der Waals surface area (Å²) in [6, 6.07) is 6.49. The van der Waals surface area contributed by atoms with Crippen molar-refractivity contribution in [2.24, 2.45) is 0 Å². The first-order valence-electron chi connectivity index (χ1n) is 8.39. The van der Waals surface area contributed by atoms with E-state index in [1.165, 1.54) is 12.1 Å². The second-order valence-corrected chi connectivity index (χ2v) is 6.36. The number of piperidine rings is 1. The van der Waals surface area contributed by atoms with Gasteiger partial charge in [0.15, 0.2) is 0 Å². The molecular formula is C18H27FN2O2. The fraction of sp³-hybridized carbons (Fsp3) is 0.611. The molecule has 0 saturated carbocycles. The number of hydrogen-bond acceptors (Lipinski definition) is 3. The quantitative estimate of drug-likeness (QED) is 0.875. The molecule has 1 aromatic carbocycles. The third-order valence-corrected chi connectivity index (χ3v) is 4.88. The lowest BCUT2D eigenvalue weighted by atomic mass is 9.99. The highest BCUT2D eigenvalue weighted by atomic mass is 19.1. The number of likely N-dealkylation sites (tertiary alicyclic amines) is 1. The van der Waals surface area contributed by atoms with E-state index >= 15 is 0 Å². The van der Waals surface area contributed by atoms with E-state index in [9.17, 15) is 14.3 Å². The molecule has 5 heteroatoms. The molecule has 1 aromatic rings. The number of carbonyl (C=O) groups is 1. The Bertz CT molecular complexity index is 504. The van der Waals surface area contributed by atoms with Crippen LogP contribution in [0.25, 0.3) is 0 Å². The van der Waals surface area contributed by atoms with Crippen LogP contribution < -0.4 is 0 Å². The summed E-state index contributed by atoms with van der Waals surface area (Å²) < 4.78 is 13.0. The van der Waals surface area contributed by atoms with Crippen LogP contribution in [0.4, 0.5) is 4.39 Å². The standard InChI is InChI=1S/C18H27FN2O2/c1-14(15-6-8-16(19)9-7-15)20(2)18(23)13-21-11-4-3-5-17(21)10-12-22/h6-9,14,17,22H,3-5,10-13H2,1-2H3/t14-,17+/m1/s1. The number of nitrogens with zero attached hydrogens (tertiary/aromatic N) is 2. The third kappa shape index (κ3) is 4.75. The minimum Gasteiger partial charge on any atom is -0.396 e. The van der Waals surface area contributed by atoms with Crippen molar-refractivity contribution in [2.45, 2.75) is 44.7 Å². The lowest BCUT2D eigenvalue weighted by Gasteiger charge is -2.36. The van der Waals surface area contributed by atoms with Crippen molar-refractivity contribution in [3.63, 3.8) is 0 Å². The second kappa shape index (κ2) is 8.41. The lowest BCUT2D eigenvalue weighted by Crippen LogP contribution is -2.46. The Balaban J connectivity index is 1.96. The highest BCUT2D eigenvalue weighted by Crippen LogP contribution is 2.22. The van der Waals surface area contributed by atoms with Crippen LogP contribution in [-0.2, 0) is 4.79 Å². The molecule has 128 valence electrons. The molecule has 1 saturated heterocycles. The van der Waals surface area contributed by atoms with Crippen molar-refractivity contribution in [1.82, 2.24) is 9.80 Å². The van der Waals surface area contributed by atoms with Gasteiger partial charge < -0.3 is 10.0 Å². The van der Waals surface area contributed by atoms with Crippen LogP contribution in [0.15, 0.2) is 24.3 Å². The first-order chi connectivity index (χ1) is 11.0. The summed E-state index contributed by atoms with van der Waals surface area (Å²) in [7, 11) is 1.79. The van der Waals surface area contributed by atoms with Gasteiger partial charge in [-0.3, -0.25) is 9.69 Å². The van der Waals surface area contributed by atoms with Gasteiger partial charge in [0.25, 0.3) is 0 Å². The van der Waals surface area contributed by atoms with Gasteiger partial charge in [-0.2, -0.15) is 0 Å². The number of aliphatic hydroxyl groups excluding tert-OH is 1. The van der Waals surface area contributed by atoms with E-state index < -0.39 is 0 Å². The van der Waals surface area contributed by atoms with E-state index in [1.54, 1.807) is 24.1 Å². The molecule has 0 radical (unpaired) electrons. The maximum absolute atomic E-state index is 13.0. The summed E-state index contributed by atoms with van der Waals surface area (Å²) in [4.78, 5) is 16.5. The Hall–Kier alpha value is -1.46. The van der Waals surface area contributed by atoms with Crippen LogP contribution in [-0.4, -0.2) is 53.6 Å². The average molecular weight is 322 g/mol. The normalized spacial score (nSPS) is 20.3. The Morgan fingerprint density at radius 2 is 2.09 bits per heavy atom. The van der Waals surface area contributed by atoms with Gasteiger partial charge >= 0.3 is 0 Å². The minimum absolute atomic E-state index is 0.0617. The Kier molecular flexibility index (Phi) is 6.54. The van der Waals surface area contributed by atoms with Crippen molar-refractivity contribution >= 4 is 5.91 Å². The molecular weight excluding hydrogens is 295 g/mol. The SMILES string of the molecule is C[C@H](c1ccc(F)cc1)N(C)C(=O)CN1CCCC[C@H]1CCO. The Morgan fingerprint density at radius 3 is 2.74 bits per heavy atom. The molecule has 1 N–H and O–H groups in total. The predicted molar refractivity (Wildman–Crippen MR) is 88.5 cm³/mol. The molecule has 0 bridgehead atoms. The van der Waals surface area contributed by atoms with Gasteiger partial charge in [-0.1, -0.05) is 18.6 Å². The van der Waals surface area contributed by atoms with Crippen LogP contribution in [0.3, 0.4) is 0 Å². The van der Waals surface area contributed by atoms with Gasteiger partial charge in [0.05, 0.1) is 12.6 Å². The summed E-state index contributed by atoms with van der Waals surface area (Å²) in [6.45, 7) is 3.41. The molecule has 2 rings (SSSR count). The number of rotatable bonds is 6. The molecule has 0 unspecified atom stereocenters. The zero-order chi connectivity index (χ0) is 16.8. The van der Waals surface area contributed by atoms with Crippen molar-refractivity contribution < 1.29 is 14.3 Å². The van der Waals surface area contributed by atoms with Gasteiger partial charge in [0.1, 0.15) is 5.82 Å². The fourth-order valence-electron chi connectivity index (χ4n) is 3.21. The average Bonchev–Trinajstić information content (AvgIpc) is 2.56. The van der Waals surface area contributed by atoms with Gasteiger partial charge in [0.2, 0.25) is 5.91 Å². The molecule has 4 nitrogen and oxygen atoms in total. The first-order valence-corrected chi connectivity index (χ1v) is 8.39.